The number of rotatable bonds is 9. The summed E-state index contributed by atoms with van der Waals surface area (Å²) in [6, 6.07) is 8.38. The summed E-state index contributed by atoms with van der Waals surface area (Å²) < 4.78 is 0. The lowest BCUT2D eigenvalue weighted by molar-refractivity contribution is 0.575. The van der Waals surface area contributed by atoms with E-state index in [1.165, 1.54) is 63.4 Å². The summed E-state index contributed by atoms with van der Waals surface area (Å²) in [4.78, 5) is 0. The van der Waals surface area contributed by atoms with Crippen LogP contribution in [-0.2, 0) is 6.42 Å². The normalized spacial score (nSPS) is 10.2. The maximum atomic E-state index is 5.40. The van der Waals surface area contributed by atoms with E-state index in [0.29, 0.717) is 0 Å². The molecule has 18 heavy (non-hydrogen) atoms. The van der Waals surface area contributed by atoms with Gasteiger partial charge >= 0.3 is 0 Å². The molecule has 0 aliphatic carbocycles. The third-order valence-corrected chi connectivity index (χ3v) is 3.41. The number of hydrogen-bond donors (Lipinski definition) is 0. The molecule has 0 unspecified atom stereocenters. The van der Waals surface area contributed by atoms with Crippen molar-refractivity contribution in [3.8, 4) is 12.3 Å². The smallest absolute Gasteiger partial charge is 0.0245 e. The average molecular weight is 242 g/mol. The van der Waals surface area contributed by atoms with Crippen molar-refractivity contribution in [1.29, 1.82) is 0 Å². The van der Waals surface area contributed by atoms with Crippen LogP contribution in [0.4, 0.5) is 0 Å². The van der Waals surface area contributed by atoms with Crippen molar-refractivity contribution < 1.29 is 0 Å². The third-order valence-electron chi connectivity index (χ3n) is 3.41. The highest BCUT2D eigenvalue weighted by molar-refractivity contribution is 5.35. The summed E-state index contributed by atoms with van der Waals surface area (Å²) in [7, 11) is 0. The van der Waals surface area contributed by atoms with E-state index in [4.69, 9.17) is 6.42 Å². The zero-order valence-corrected chi connectivity index (χ0v) is 11.8. The fourth-order valence-electron chi connectivity index (χ4n) is 2.28. The van der Waals surface area contributed by atoms with Gasteiger partial charge in [0.05, 0.1) is 0 Å². The van der Waals surface area contributed by atoms with Crippen LogP contribution in [0.2, 0.25) is 0 Å². The molecule has 0 N–H and O–H groups in total. The molecule has 0 heterocycles. The molecule has 0 radical (unpaired) electrons. The quantitative estimate of drug-likeness (QED) is 0.404. The Bertz CT molecular complexity index is 357. The van der Waals surface area contributed by atoms with Crippen molar-refractivity contribution >= 4 is 0 Å². The van der Waals surface area contributed by atoms with Crippen molar-refractivity contribution in [2.24, 2.45) is 0 Å². The zero-order valence-electron chi connectivity index (χ0n) is 11.8. The van der Waals surface area contributed by atoms with Gasteiger partial charge in [0.15, 0.2) is 0 Å². The summed E-state index contributed by atoms with van der Waals surface area (Å²) in [6.45, 7) is 2.27. The van der Waals surface area contributed by atoms with Crippen molar-refractivity contribution in [2.45, 2.75) is 64.7 Å². The number of benzene rings is 1. The second-order valence-corrected chi connectivity index (χ2v) is 5.07. The first-order chi connectivity index (χ1) is 8.86. The van der Waals surface area contributed by atoms with Crippen LogP contribution in [0.5, 0.6) is 0 Å². The van der Waals surface area contributed by atoms with Gasteiger partial charge in [-0.15, -0.1) is 6.42 Å². The van der Waals surface area contributed by atoms with Gasteiger partial charge in [0.2, 0.25) is 0 Å². The number of unbranched alkanes of at least 4 members (excludes halogenated alkanes) is 7. The van der Waals surface area contributed by atoms with Crippen molar-refractivity contribution in [3.05, 3.63) is 35.4 Å². The highest BCUT2D eigenvalue weighted by Gasteiger charge is 1.95. The van der Waals surface area contributed by atoms with Gasteiger partial charge in [-0.3, -0.25) is 0 Å². The molecular formula is C18H26. The summed E-state index contributed by atoms with van der Waals surface area (Å²) >= 11 is 0. The summed E-state index contributed by atoms with van der Waals surface area (Å²) in [5, 5.41) is 0. The van der Waals surface area contributed by atoms with Crippen LogP contribution in [0, 0.1) is 12.3 Å². The second-order valence-electron chi connectivity index (χ2n) is 5.07. The van der Waals surface area contributed by atoms with Gasteiger partial charge in [-0.05, 0) is 30.5 Å². The predicted octanol–water partition coefficient (Wildman–Crippen LogP) is 5.35. The van der Waals surface area contributed by atoms with Crippen molar-refractivity contribution in [1.82, 2.24) is 0 Å². The molecule has 0 nitrogen and oxygen atoms in total. The second kappa shape index (κ2) is 9.77. The lowest BCUT2D eigenvalue weighted by Crippen LogP contribution is -1.87. The molecule has 0 saturated heterocycles. The van der Waals surface area contributed by atoms with Crippen molar-refractivity contribution in [2.75, 3.05) is 0 Å². The van der Waals surface area contributed by atoms with E-state index < -0.39 is 0 Å². The molecule has 1 rings (SSSR count). The highest BCUT2D eigenvalue weighted by Crippen LogP contribution is 2.12. The Hall–Kier alpha value is -1.22. The Morgan fingerprint density at radius 1 is 0.944 bits per heavy atom. The number of hydrogen-bond acceptors (Lipinski definition) is 0. The number of aryl methyl sites for hydroxylation is 1. The molecule has 0 aliphatic heterocycles. The lowest BCUT2D eigenvalue weighted by Gasteiger charge is -2.03. The van der Waals surface area contributed by atoms with Gasteiger partial charge in [0.1, 0.15) is 0 Å². The maximum absolute atomic E-state index is 5.40. The minimum Gasteiger partial charge on any atom is -0.115 e. The molecule has 0 saturated carbocycles. The molecule has 0 aromatic heterocycles. The highest BCUT2D eigenvalue weighted by atomic mass is 14.0. The van der Waals surface area contributed by atoms with Gasteiger partial charge in [-0.25, -0.2) is 0 Å². The molecule has 1 aromatic carbocycles. The van der Waals surface area contributed by atoms with Crippen LogP contribution in [0.15, 0.2) is 24.3 Å². The third kappa shape index (κ3) is 6.50. The first-order valence-electron chi connectivity index (χ1n) is 7.42. The van der Waals surface area contributed by atoms with E-state index in [9.17, 15) is 0 Å². The van der Waals surface area contributed by atoms with E-state index in [2.05, 4.69) is 31.0 Å². The fourth-order valence-corrected chi connectivity index (χ4v) is 2.28. The first-order valence-corrected chi connectivity index (χ1v) is 7.42. The Morgan fingerprint density at radius 3 is 2.28 bits per heavy atom. The SMILES string of the molecule is C#Cc1cccc(CCCCCCCCCC)c1. The van der Waals surface area contributed by atoms with Crippen molar-refractivity contribution in [3.63, 3.8) is 0 Å². The molecule has 0 heteroatoms. The first kappa shape index (κ1) is 14.8. The Kier molecular flexibility index (Phi) is 8.06. The molecular weight excluding hydrogens is 216 g/mol. The monoisotopic (exact) mass is 242 g/mol. The zero-order chi connectivity index (χ0) is 13.1. The van der Waals surface area contributed by atoms with Crippen LogP contribution in [0.25, 0.3) is 0 Å². The minimum absolute atomic E-state index is 1.01. The van der Waals surface area contributed by atoms with E-state index in [1.807, 2.05) is 6.07 Å². The predicted molar refractivity (Wildman–Crippen MR) is 80.7 cm³/mol. The largest absolute Gasteiger partial charge is 0.115 e. The summed E-state index contributed by atoms with van der Waals surface area (Å²) in [5.74, 6) is 2.70. The Labute approximate surface area is 113 Å². The van der Waals surface area contributed by atoms with Crippen LogP contribution >= 0.6 is 0 Å². The van der Waals surface area contributed by atoms with E-state index in [1.54, 1.807) is 0 Å². The summed E-state index contributed by atoms with van der Waals surface area (Å²) in [5.41, 5.74) is 2.39. The average Bonchev–Trinajstić information content (AvgIpc) is 2.42. The van der Waals surface area contributed by atoms with Gasteiger partial charge < -0.3 is 0 Å². The van der Waals surface area contributed by atoms with E-state index >= 15 is 0 Å². The molecule has 0 aliphatic rings. The van der Waals surface area contributed by atoms with Crippen LogP contribution < -0.4 is 0 Å². The molecule has 0 bridgehead atoms. The Morgan fingerprint density at radius 2 is 1.61 bits per heavy atom. The van der Waals surface area contributed by atoms with Gasteiger partial charge in [0.25, 0.3) is 0 Å². The molecule has 0 atom stereocenters. The Balaban J connectivity index is 2.05. The van der Waals surface area contributed by atoms with Gasteiger partial charge in [-0.2, -0.15) is 0 Å². The van der Waals surface area contributed by atoms with Crippen LogP contribution in [0.1, 0.15) is 69.4 Å². The molecule has 0 spiro atoms. The van der Waals surface area contributed by atoms with E-state index in [0.717, 1.165) is 5.56 Å². The van der Waals surface area contributed by atoms with E-state index in [-0.39, 0.29) is 0 Å². The lowest BCUT2D eigenvalue weighted by atomic mass is 10.0. The fraction of sp³-hybridized carbons (Fsp3) is 0.556. The standard InChI is InChI=1S/C18H26/c1-3-5-6-7-8-9-10-11-13-18-15-12-14-17(4-2)16-18/h2,12,14-16H,3,5-11,13H2,1H3. The van der Waals surface area contributed by atoms with Gasteiger partial charge in [-0.1, -0.05) is 69.9 Å². The molecule has 1 aromatic rings. The van der Waals surface area contributed by atoms with Gasteiger partial charge in [0, 0.05) is 5.56 Å². The molecule has 0 fully saturated rings. The molecule has 0 amide bonds. The minimum atomic E-state index is 1.01. The molecule has 98 valence electrons. The maximum Gasteiger partial charge on any atom is 0.0245 e. The van der Waals surface area contributed by atoms with Crippen LogP contribution in [-0.4, -0.2) is 0 Å². The topological polar surface area (TPSA) is 0 Å². The summed E-state index contributed by atoms with van der Waals surface area (Å²) in [6.07, 6.45) is 17.6. The number of terminal acetylenes is 1. The van der Waals surface area contributed by atoms with Crippen LogP contribution in [0.3, 0.4) is 0 Å².